The van der Waals surface area contributed by atoms with Crippen molar-refractivity contribution in [1.82, 2.24) is 0 Å². The van der Waals surface area contributed by atoms with Gasteiger partial charge in [-0.15, -0.1) is 0 Å². The second-order valence-corrected chi connectivity index (χ2v) is 4.02. The summed E-state index contributed by atoms with van der Waals surface area (Å²) in [5, 5.41) is 18.5. The molecule has 0 aliphatic heterocycles. The maximum absolute atomic E-state index is 12.3. The Morgan fingerprint density at radius 2 is 1.59 bits per heavy atom. The molecule has 1 aromatic rings. The fourth-order valence-corrected chi connectivity index (χ4v) is 1.57. The topological polar surface area (TPSA) is 66.5 Å². The van der Waals surface area contributed by atoms with Gasteiger partial charge in [-0.2, -0.15) is 13.2 Å². The fourth-order valence-electron chi connectivity index (χ4n) is 1.57. The zero-order valence-corrected chi connectivity index (χ0v) is 9.42. The lowest BCUT2D eigenvalue weighted by atomic mass is 9.97. The van der Waals surface area contributed by atoms with E-state index in [1.807, 2.05) is 0 Å². The number of benzene rings is 1. The summed E-state index contributed by atoms with van der Waals surface area (Å²) in [6.45, 7) is 3.11. The summed E-state index contributed by atoms with van der Waals surface area (Å²) in [6.07, 6.45) is -7.38. The van der Waals surface area contributed by atoms with Crippen molar-refractivity contribution in [2.75, 3.05) is 0 Å². The largest absolute Gasteiger partial charge is 0.507 e. The van der Waals surface area contributed by atoms with E-state index in [1.54, 1.807) is 13.8 Å². The summed E-state index contributed by atoms with van der Waals surface area (Å²) >= 11 is 0. The molecule has 4 N–H and O–H groups in total. The van der Waals surface area contributed by atoms with Crippen LogP contribution in [0.3, 0.4) is 0 Å². The van der Waals surface area contributed by atoms with Crippen molar-refractivity contribution >= 4 is 0 Å². The highest BCUT2D eigenvalue weighted by molar-refractivity contribution is 5.43. The maximum atomic E-state index is 12.3. The van der Waals surface area contributed by atoms with Gasteiger partial charge >= 0.3 is 6.18 Å². The van der Waals surface area contributed by atoms with Crippen LogP contribution in [0.15, 0.2) is 12.1 Å². The Hall–Kier alpha value is -1.27. The minimum atomic E-state index is -4.76. The fraction of sp³-hybridized carbons (Fsp3) is 0.455. The molecule has 0 saturated heterocycles. The summed E-state index contributed by atoms with van der Waals surface area (Å²) in [4.78, 5) is 0. The maximum Gasteiger partial charge on any atom is 0.416 e. The number of halogens is 3. The third kappa shape index (κ3) is 2.89. The minimum absolute atomic E-state index is 0.0162. The number of hydrogen-bond donors (Lipinski definition) is 3. The van der Waals surface area contributed by atoms with E-state index >= 15 is 0 Å². The van der Waals surface area contributed by atoms with Gasteiger partial charge in [-0.1, -0.05) is 12.1 Å². The molecule has 0 aliphatic carbocycles. The molecule has 17 heavy (non-hydrogen) atoms. The average Bonchev–Trinajstić information content (AvgIpc) is 2.21. The highest BCUT2D eigenvalue weighted by Crippen LogP contribution is 2.31. The molecule has 0 bridgehead atoms. The molecule has 0 fully saturated rings. The lowest BCUT2D eigenvalue weighted by molar-refractivity contribution is -0.210. The number of aliphatic hydroxyl groups excluding tert-OH is 1. The van der Waals surface area contributed by atoms with E-state index < -0.39 is 18.3 Å². The van der Waals surface area contributed by atoms with Crippen LogP contribution < -0.4 is 5.73 Å². The van der Waals surface area contributed by atoms with Gasteiger partial charge in [-0.05, 0) is 30.5 Å². The van der Waals surface area contributed by atoms with Crippen LogP contribution in [0.2, 0.25) is 0 Å². The molecule has 96 valence electrons. The van der Waals surface area contributed by atoms with Crippen LogP contribution in [0.4, 0.5) is 13.2 Å². The highest BCUT2D eigenvalue weighted by atomic mass is 19.4. The van der Waals surface area contributed by atoms with Crippen molar-refractivity contribution in [2.24, 2.45) is 5.73 Å². The summed E-state index contributed by atoms with van der Waals surface area (Å²) in [6, 6.07) is 1.11. The number of hydrogen-bond acceptors (Lipinski definition) is 3. The van der Waals surface area contributed by atoms with E-state index in [2.05, 4.69) is 0 Å². The molecule has 0 aliphatic rings. The third-order valence-electron chi connectivity index (χ3n) is 2.57. The number of nitrogens with two attached hydrogens (primary N) is 1. The van der Waals surface area contributed by atoms with Crippen molar-refractivity contribution in [3.63, 3.8) is 0 Å². The molecule has 0 radical (unpaired) electrons. The van der Waals surface area contributed by atoms with E-state index in [-0.39, 0.29) is 11.3 Å². The lowest BCUT2D eigenvalue weighted by Gasteiger charge is -2.22. The number of phenols is 1. The molecule has 0 aromatic heterocycles. The molecule has 3 nitrogen and oxygen atoms in total. The average molecular weight is 249 g/mol. The van der Waals surface area contributed by atoms with Crippen LogP contribution in [0.1, 0.15) is 22.7 Å². The normalized spacial score (nSPS) is 15.7. The monoisotopic (exact) mass is 249 g/mol. The summed E-state index contributed by atoms with van der Waals surface area (Å²) in [7, 11) is 0. The molecule has 0 spiro atoms. The van der Waals surface area contributed by atoms with Crippen LogP contribution in [-0.4, -0.2) is 22.5 Å². The molecule has 6 heteroatoms. The number of aromatic hydroxyl groups is 1. The van der Waals surface area contributed by atoms with Crippen LogP contribution in [0, 0.1) is 13.8 Å². The van der Waals surface area contributed by atoms with Gasteiger partial charge in [0.25, 0.3) is 0 Å². The third-order valence-corrected chi connectivity index (χ3v) is 2.57. The van der Waals surface area contributed by atoms with Crippen LogP contribution in [0.5, 0.6) is 5.75 Å². The van der Waals surface area contributed by atoms with Crippen molar-refractivity contribution in [3.8, 4) is 5.75 Å². The first-order valence-electron chi connectivity index (χ1n) is 4.95. The second kappa shape index (κ2) is 4.54. The smallest absolute Gasteiger partial charge is 0.416 e. The Labute approximate surface area is 96.7 Å². The van der Waals surface area contributed by atoms with Gasteiger partial charge < -0.3 is 15.9 Å². The first-order chi connectivity index (χ1) is 7.64. The second-order valence-electron chi connectivity index (χ2n) is 4.02. The Bertz CT molecular complexity index is 395. The van der Waals surface area contributed by atoms with E-state index in [0.717, 1.165) is 0 Å². The van der Waals surface area contributed by atoms with E-state index in [9.17, 15) is 18.3 Å². The van der Waals surface area contributed by atoms with E-state index in [1.165, 1.54) is 12.1 Å². The number of alkyl halides is 3. The Morgan fingerprint density at radius 3 is 1.94 bits per heavy atom. The van der Waals surface area contributed by atoms with Gasteiger partial charge in [0.2, 0.25) is 0 Å². The Morgan fingerprint density at radius 1 is 1.18 bits per heavy atom. The number of rotatable bonds is 2. The van der Waals surface area contributed by atoms with Crippen molar-refractivity contribution in [3.05, 3.63) is 28.8 Å². The zero-order chi connectivity index (χ0) is 13.4. The van der Waals surface area contributed by atoms with Gasteiger partial charge in [0, 0.05) is 0 Å². The minimum Gasteiger partial charge on any atom is -0.507 e. The Balaban J connectivity index is 3.09. The number of aryl methyl sites for hydroxylation is 2. The van der Waals surface area contributed by atoms with E-state index in [4.69, 9.17) is 10.8 Å². The van der Waals surface area contributed by atoms with Crippen LogP contribution in [0.25, 0.3) is 0 Å². The Kier molecular flexibility index (Phi) is 3.68. The lowest BCUT2D eigenvalue weighted by Crippen LogP contribution is -2.38. The predicted octanol–water partition coefficient (Wildman–Crippen LogP) is 1.93. The molecule has 0 unspecified atom stereocenters. The molecule has 2 atom stereocenters. The first-order valence-corrected chi connectivity index (χ1v) is 4.95. The molecule has 1 aromatic carbocycles. The molecule has 0 saturated carbocycles. The molecular formula is C11H14F3NO2. The SMILES string of the molecule is Cc1cc([C@H](N)[C@H](O)C(F)(F)F)cc(C)c1O. The summed E-state index contributed by atoms with van der Waals surface area (Å²) < 4.78 is 36.9. The van der Waals surface area contributed by atoms with Crippen LogP contribution in [-0.2, 0) is 0 Å². The number of aliphatic hydroxyl groups is 1. The quantitative estimate of drug-likeness (QED) is 0.750. The zero-order valence-electron chi connectivity index (χ0n) is 9.42. The van der Waals surface area contributed by atoms with Gasteiger partial charge in [-0.3, -0.25) is 0 Å². The molecule has 0 amide bonds. The van der Waals surface area contributed by atoms with Gasteiger partial charge in [-0.25, -0.2) is 0 Å². The predicted molar refractivity (Wildman–Crippen MR) is 56.6 cm³/mol. The highest BCUT2D eigenvalue weighted by Gasteiger charge is 2.42. The van der Waals surface area contributed by atoms with E-state index in [0.29, 0.717) is 11.1 Å². The summed E-state index contributed by atoms with van der Waals surface area (Å²) in [5.74, 6) is 0.0162. The number of phenolic OH excluding ortho intramolecular Hbond substituents is 1. The first kappa shape index (κ1) is 13.8. The molecular weight excluding hydrogens is 235 g/mol. The molecule has 1 rings (SSSR count). The van der Waals surface area contributed by atoms with Gasteiger partial charge in [0.05, 0.1) is 6.04 Å². The van der Waals surface area contributed by atoms with Crippen LogP contribution >= 0.6 is 0 Å². The van der Waals surface area contributed by atoms with Crippen molar-refractivity contribution in [1.29, 1.82) is 0 Å². The standard InChI is InChI=1S/C11H14F3NO2/c1-5-3-7(4-6(2)9(5)16)8(15)10(17)11(12,13)14/h3-4,8,10,16-17H,15H2,1-2H3/t8-,10-/m0/s1. The molecule has 0 heterocycles. The van der Waals surface area contributed by atoms with Crippen molar-refractivity contribution in [2.45, 2.75) is 32.2 Å². The summed E-state index contributed by atoms with van der Waals surface area (Å²) in [5.41, 5.74) is 6.34. The van der Waals surface area contributed by atoms with Gasteiger partial charge in [0.1, 0.15) is 5.75 Å². The van der Waals surface area contributed by atoms with Crippen molar-refractivity contribution < 1.29 is 23.4 Å². The van der Waals surface area contributed by atoms with Gasteiger partial charge in [0.15, 0.2) is 6.10 Å².